The van der Waals surface area contributed by atoms with Gasteiger partial charge in [0.2, 0.25) is 5.91 Å². The topological polar surface area (TPSA) is 74.3 Å². The highest BCUT2D eigenvalue weighted by atomic mass is 32.1. The van der Waals surface area contributed by atoms with E-state index < -0.39 is 0 Å². The van der Waals surface area contributed by atoms with Crippen LogP contribution in [0.5, 0.6) is 0 Å². The van der Waals surface area contributed by atoms with Gasteiger partial charge in [0, 0.05) is 30.6 Å². The van der Waals surface area contributed by atoms with Crippen LogP contribution in [-0.4, -0.2) is 23.5 Å². The number of rotatable bonds is 5. The van der Waals surface area contributed by atoms with Crippen LogP contribution in [0, 0.1) is 0 Å². The van der Waals surface area contributed by atoms with E-state index in [1.54, 1.807) is 22.4 Å². The van der Waals surface area contributed by atoms with Crippen LogP contribution in [0.15, 0.2) is 35.8 Å². The molecule has 1 aliphatic heterocycles. The SMILES string of the molecule is O=C(NCc1ccnc(N2CCCC2=O)c1)NCc1cccs1. The van der Waals surface area contributed by atoms with Gasteiger partial charge in [-0.2, -0.15) is 0 Å². The highest BCUT2D eigenvalue weighted by Gasteiger charge is 2.22. The zero-order valence-electron chi connectivity index (χ0n) is 12.6. The molecule has 0 spiro atoms. The van der Waals surface area contributed by atoms with Crippen molar-refractivity contribution in [2.75, 3.05) is 11.4 Å². The molecule has 2 aromatic heterocycles. The maximum atomic E-state index is 11.8. The third-order valence-corrected chi connectivity index (χ3v) is 4.49. The molecule has 0 saturated carbocycles. The lowest BCUT2D eigenvalue weighted by atomic mass is 10.2. The fraction of sp³-hybridized carbons (Fsp3) is 0.312. The Morgan fingerprint density at radius 1 is 1.30 bits per heavy atom. The van der Waals surface area contributed by atoms with Crippen LogP contribution in [0.2, 0.25) is 0 Å². The zero-order chi connectivity index (χ0) is 16.1. The Kier molecular flexibility index (Phi) is 4.87. The summed E-state index contributed by atoms with van der Waals surface area (Å²) in [5.41, 5.74) is 0.918. The van der Waals surface area contributed by atoms with Gasteiger partial charge in [0.15, 0.2) is 0 Å². The number of urea groups is 1. The molecule has 0 aromatic carbocycles. The smallest absolute Gasteiger partial charge is 0.315 e. The van der Waals surface area contributed by atoms with E-state index in [-0.39, 0.29) is 11.9 Å². The number of nitrogens with zero attached hydrogens (tertiary/aromatic N) is 2. The number of hydrogen-bond acceptors (Lipinski definition) is 4. The number of thiophene rings is 1. The zero-order valence-corrected chi connectivity index (χ0v) is 13.4. The van der Waals surface area contributed by atoms with Crippen molar-refractivity contribution in [3.63, 3.8) is 0 Å². The molecule has 3 amide bonds. The third kappa shape index (κ3) is 4.07. The number of pyridine rings is 1. The van der Waals surface area contributed by atoms with Crippen LogP contribution in [0.3, 0.4) is 0 Å². The number of aromatic nitrogens is 1. The average Bonchev–Trinajstić information content (AvgIpc) is 3.22. The van der Waals surface area contributed by atoms with Gasteiger partial charge in [0.05, 0.1) is 6.54 Å². The highest BCUT2D eigenvalue weighted by Crippen LogP contribution is 2.19. The van der Waals surface area contributed by atoms with E-state index in [1.807, 2.05) is 29.6 Å². The summed E-state index contributed by atoms with van der Waals surface area (Å²) in [7, 11) is 0. The Labute approximate surface area is 138 Å². The summed E-state index contributed by atoms with van der Waals surface area (Å²) in [5, 5.41) is 7.61. The first-order valence-corrected chi connectivity index (χ1v) is 8.40. The highest BCUT2D eigenvalue weighted by molar-refractivity contribution is 7.09. The Morgan fingerprint density at radius 2 is 2.17 bits per heavy atom. The van der Waals surface area contributed by atoms with Gasteiger partial charge in [-0.25, -0.2) is 9.78 Å². The van der Waals surface area contributed by atoms with Gasteiger partial charge in [0.1, 0.15) is 5.82 Å². The summed E-state index contributed by atoms with van der Waals surface area (Å²) in [4.78, 5) is 30.6. The quantitative estimate of drug-likeness (QED) is 0.883. The van der Waals surface area contributed by atoms with E-state index in [0.29, 0.717) is 31.9 Å². The van der Waals surface area contributed by atoms with Gasteiger partial charge in [0.25, 0.3) is 0 Å². The van der Waals surface area contributed by atoms with Gasteiger partial charge in [-0.05, 0) is 35.6 Å². The lowest BCUT2D eigenvalue weighted by Crippen LogP contribution is -2.34. The van der Waals surface area contributed by atoms with Crippen LogP contribution in [-0.2, 0) is 17.9 Å². The van der Waals surface area contributed by atoms with Gasteiger partial charge >= 0.3 is 6.03 Å². The van der Waals surface area contributed by atoms with Crippen molar-refractivity contribution in [2.45, 2.75) is 25.9 Å². The second-order valence-corrected chi connectivity index (χ2v) is 6.32. The van der Waals surface area contributed by atoms with Gasteiger partial charge in [-0.3, -0.25) is 9.69 Å². The molecule has 3 heterocycles. The first-order valence-electron chi connectivity index (χ1n) is 7.52. The third-order valence-electron chi connectivity index (χ3n) is 3.62. The molecule has 0 bridgehead atoms. The van der Waals surface area contributed by atoms with Crippen molar-refractivity contribution in [1.29, 1.82) is 0 Å². The van der Waals surface area contributed by atoms with Crippen molar-refractivity contribution < 1.29 is 9.59 Å². The Morgan fingerprint density at radius 3 is 2.91 bits per heavy atom. The van der Waals surface area contributed by atoms with Crippen molar-refractivity contribution in [1.82, 2.24) is 15.6 Å². The van der Waals surface area contributed by atoms with E-state index in [2.05, 4.69) is 15.6 Å². The lowest BCUT2D eigenvalue weighted by Gasteiger charge is -2.15. The predicted octanol–water partition coefficient (Wildman–Crippen LogP) is 2.27. The first-order chi connectivity index (χ1) is 11.2. The van der Waals surface area contributed by atoms with Crippen molar-refractivity contribution in [3.8, 4) is 0 Å². The molecule has 2 N–H and O–H groups in total. The maximum Gasteiger partial charge on any atom is 0.315 e. The minimum atomic E-state index is -0.214. The largest absolute Gasteiger partial charge is 0.334 e. The van der Waals surface area contributed by atoms with Crippen LogP contribution in [0.4, 0.5) is 10.6 Å². The average molecular weight is 330 g/mol. The molecular formula is C16H18N4O2S. The van der Waals surface area contributed by atoms with Gasteiger partial charge < -0.3 is 10.6 Å². The molecule has 0 unspecified atom stereocenters. The molecule has 0 radical (unpaired) electrons. The summed E-state index contributed by atoms with van der Waals surface area (Å²) in [6, 6.07) is 7.41. The molecule has 0 atom stereocenters. The van der Waals surface area contributed by atoms with Crippen LogP contribution < -0.4 is 15.5 Å². The molecule has 7 heteroatoms. The second kappa shape index (κ2) is 7.23. The molecule has 1 aliphatic rings. The van der Waals surface area contributed by atoms with E-state index in [0.717, 1.165) is 16.9 Å². The lowest BCUT2D eigenvalue weighted by molar-refractivity contribution is -0.117. The van der Waals surface area contributed by atoms with E-state index in [9.17, 15) is 9.59 Å². The summed E-state index contributed by atoms with van der Waals surface area (Å²) in [5.74, 6) is 0.766. The fourth-order valence-electron chi connectivity index (χ4n) is 2.43. The normalized spacial score (nSPS) is 14.1. The summed E-state index contributed by atoms with van der Waals surface area (Å²) in [6.45, 7) is 1.63. The Hall–Kier alpha value is -2.41. The standard InChI is InChI=1S/C16H18N4O2S/c21-15-4-1-7-20(15)14-9-12(5-6-17-14)10-18-16(22)19-11-13-3-2-8-23-13/h2-3,5-6,8-9H,1,4,7,10-11H2,(H2,18,19,22). The fourth-order valence-corrected chi connectivity index (χ4v) is 3.08. The minimum absolute atomic E-state index is 0.108. The van der Waals surface area contributed by atoms with Crippen LogP contribution >= 0.6 is 11.3 Å². The second-order valence-electron chi connectivity index (χ2n) is 5.29. The number of carbonyl (C=O) groups excluding carboxylic acids is 2. The summed E-state index contributed by atoms with van der Waals surface area (Å²) < 4.78 is 0. The predicted molar refractivity (Wildman–Crippen MR) is 89.2 cm³/mol. The van der Waals surface area contributed by atoms with Gasteiger partial charge in [-0.1, -0.05) is 6.07 Å². The number of nitrogens with one attached hydrogen (secondary N) is 2. The molecule has 1 fully saturated rings. The Bertz CT molecular complexity index is 687. The molecule has 3 rings (SSSR count). The molecule has 120 valence electrons. The molecule has 1 saturated heterocycles. The minimum Gasteiger partial charge on any atom is -0.334 e. The summed E-state index contributed by atoms with van der Waals surface area (Å²) >= 11 is 1.61. The number of hydrogen-bond donors (Lipinski definition) is 2. The number of carbonyl (C=O) groups is 2. The number of anilines is 1. The Balaban J connectivity index is 1.51. The van der Waals surface area contributed by atoms with E-state index in [1.165, 1.54) is 0 Å². The first kappa shape index (κ1) is 15.5. The molecule has 6 nitrogen and oxygen atoms in total. The van der Waals surface area contributed by atoms with Gasteiger partial charge in [-0.15, -0.1) is 11.3 Å². The van der Waals surface area contributed by atoms with Crippen LogP contribution in [0.25, 0.3) is 0 Å². The monoisotopic (exact) mass is 330 g/mol. The van der Waals surface area contributed by atoms with Crippen molar-refractivity contribution >= 4 is 29.1 Å². The molecule has 2 aromatic rings. The maximum absolute atomic E-state index is 11.8. The van der Waals surface area contributed by atoms with Crippen LogP contribution in [0.1, 0.15) is 23.3 Å². The van der Waals surface area contributed by atoms with Crippen molar-refractivity contribution in [3.05, 3.63) is 46.3 Å². The molecule has 0 aliphatic carbocycles. The van der Waals surface area contributed by atoms with E-state index >= 15 is 0 Å². The molecule has 23 heavy (non-hydrogen) atoms. The summed E-state index contributed by atoms with van der Waals surface area (Å²) in [6.07, 6.45) is 3.12. The van der Waals surface area contributed by atoms with Crippen molar-refractivity contribution in [2.24, 2.45) is 0 Å². The number of amides is 3. The molecular weight excluding hydrogens is 312 g/mol. The van der Waals surface area contributed by atoms with E-state index in [4.69, 9.17) is 0 Å².